The maximum atomic E-state index is 12.4. The predicted molar refractivity (Wildman–Crippen MR) is 89.5 cm³/mol. The van der Waals surface area contributed by atoms with Gasteiger partial charge in [-0.1, -0.05) is 36.4 Å². The van der Waals surface area contributed by atoms with E-state index in [1.54, 1.807) is 18.2 Å². The fourth-order valence-electron chi connectivity index (χ4n) is 2.70. The fraction of sp³-hybridized carbons (Fsp3) is 0.211. The van der Waals surface area contributed by atoms with Gasteiger partial charge >= 0.3 is 6.61 Å². The van der Waals surface area contributed by atoms with Crippen LogP contribution in [-0.4, -0.2) is 19.1 Å². The van der Waals surface area contributed by atoms with Gasteiger partial charge in [-0.05, 0) is 18.2 Å². The Morgan fingerprint density at radius 2 is 1.96 bits per heavy atom. The van der Waals surface area contributed by atoms with Crippen LogP contribution in [0.2, 0.25) is 0 Å². The van der Waals surface area contributed by atoms with E-state index in [9.17, 15) is 13.6 Å². The number of hydrogen-bond acceptors (Lipinski definition) is 3. The second kappa shape index (κ2) is 7.79. The topological polar surface area (TPSA) is 47.6 Å². The molecule has 3 rings (SSSR count). The molecule has 1 amide bonds. The van der Waals surface area contributed by atoms with Gasteiger partial charge in [-0.3, -0.25) is 4.79 Å². The molecular weight excluding hydrogens is 328 g/mol. The number of hydrogen-bond donors (Lipinski definition) is 1. The van der Waals surface area contributed by atoms with Gasteiger partial charge in [-0.15, -0.1) is 0 Å². The van der Waals surface area contributed by atoms with Crippen molar-refractivity contribution in [2.24, 2.45) is 0 Å². The number of rotatable bonds is 5. The Kier molecular flexibility index (Phi) is 5.28. The van der Waals surface area contributed by atoms with Crippen molar-refractivity contribution in [3.63, 3.8) is 0 Å². The molecule has 1 atom stereocenters. The second-order valence-corrected chi connectivity index (χ2v) is 5.49. The van der Waals surface area contributed by atoms with Gasteiger partial charge in [0.15, 0.2) is 0 Å². The van der Waals surface area contributed by atoms with Gasteiger partial charge in [0.25, 0.3) is 0 Å². The molecule has 1 unspecified atom stereocenters. The number of amides is 1. The summed E-state index contributed by atoms with van der Waals surface area (Å²) in [6.45, 7) is -2.39. The van der Waals surface area contributed by atoms with E-state index < -0.39 is 6.61 Å². The van der Waals surface area contributed by atoms with E-state index >= 15 is 0 Å². The molecule has 1 aliphatic rings. The van der Waals surface area contributed by atoms with Crippen molar-refractivity contribution in [3.05, 3.63) is 65.7 Å². The van der Waals surface area contributed by atoms with Crippen molar-refractivity contribution in [2.75, 3.05) is 6.61 Å². The van der Waals surface area contributed by atoms with E-state index in [0.717, 1.165) is 11.3 Å². The third kappa shape index (κ3) is 4.35. The minimum atomic E-state index is -2.91. The third-order valence-corrected chi connectivity index (χ3v) is 3.82. The number of nitrogens with one attached hydrogen (secondary N) is 1. The highest BCUT2D eigenvalue weighted by Gasteiger charge is 2.21. The average molecular weight is 345 g/mol. The van der Waals surface area contributed by atoms with Crippen molar-refractivity contribution >= 4 is 12.0 Å². The molecule has 0 radical (unpaired) electrons. The summed E-state index contributed by atoms with van der Waals surface area (Å²) in [7, 11) is 0. The Morgan fingerprint density at radius 3 is 2.80 bits per heavy atom. The Balaban J connectivity index is 1.69. The monoisotopic (exact) mass is 345 g/mol. The van der Waals surface area contributed by atoms with Gasteiger partial charge in [0, 0.05) is 23.6 Å². The molecular formula is C19H17F2NO3. The maximum Gasteiger partial charge on any atom is 0.387 e. The van der Waals surface area contributed by atoms with Gasteiger partial charge in [0.2, 0.25) is 5.91 Å². The summed E-state index contributed by atoms with van der Waals surface area (Å²) in [5.41, 5.74) is 1.34. The number of fused-ring (bicyclic) bond motifs is 1. The summed E-state index contributed by atoms with van der Waals surface area (Å²) in [5, 5.41) is 2.91. The molecule has 2 aromatic carbocycles. The van der Waals surface area contributed by atoms with E-state index in [2.05, 4.69) is 10.1 Å². The van der Waals surface area contributed by atoms with Crippen LogP contribution in [0.25, 0.3) is 6.08 Å². The molecule has 6 heteroatoms. The molecule has 1 heterocycles. The van der Waals surface area contributed by atoms with Gasteiger partial charge in [0.1, 0.15) is 11.5 Å². The van der Waals surface area contributed by atoms with Crippen LogP contribution in [0.15, 0.2) is 54.6 Å². The van der Waals surface area contributed by atoms with Gasteiger partial charge in [-0.25, -0.2) is 0 Å². The SMILES string of the molecule is O=C(/C=C/c1ccccc1OC(F)F)NC1CCOc2ccccc21. The molecule has 0 aromatic heterocycles. The molecule has 25 heavy (non-hydrogen) atoms. The lowest BCUT2D eigenvalue weighted by Gasteiger charge is -2.26. The summed E-state index contributed by atoms with van der Waals surface area (Å²) < 4.78 is 34.8. The molecule has 1 aliphatic heterocycles. The summed E-state index contributed by atoms with van der Waals surface area (Å²) >= 11 is 0. The lowest BCUT2D eigenvalue weighted by molar-refractivity contribution is -0.117. The summed E-state index contributed by atoms with van der Waals surface area (Å²) in [4.78, 5) is 12.2. The lowest BCUT2D eigenvalue weighted by atomic mass is 10.0. The molecule has 0 bridgehead atoms. The van der Waals surface area contributed by atoms with Crippen LogP contribution in [0.4, 0.5) is 8.78 Å². The molecule has 1 N–H and O–H groups in total. The summed E-state index contributed by atoms with van der Waals surface area (Å²) in [6.07, 6.45) is 3.44. The number of halogens is 2. The highest BCUT2D eigenvalue weighted by atomic mass is 19.3. The fourth-order valence-corrected chi connectivity index (χ4v) is 2.70. The molecule has 4 nitrogen and oxygen atoms in total. The van der Waals surface area contributed by atoms with E-state index in [0.29, 0.717) is 18.6 Å². The predicted octanol–water partition coefficient (Wildman–Crippen LogP) is 3.94. The van der Waals surface area contributed by atoms with Crippen LogP contribution in [0.5, 0.6) is 11.5 Å². The third-order valence-electron chi connectivity index (χ3n) is 3.82. The molecule has 2 aromatic rings. The van der Waals surface area contributed by atoms with E-state index in [1.165, 1.54) is 18.2 Å². The molecule has 0 spiro atoms. The van der Waals surface area contributed by atoms with Crippen LogP contribution in [0.1, 0.15) is 23.6 Å². The zero-order chi connectivity index (χ0) is 17.6. The molecule has 0 saturated carbocycles. The summed E-state index contributed by atoms with van der Waals surface area (Å²) in [6, 6.07) is 13.7. The van der Waals surface area contributed by atoms with Crippen molar-refractivity contribution in [1.29, 1.82) is 0 Å². The Labute approximate surface area is 144 Å². The standard InChI is InChI=1S/C19H17F2NO3/c20-19(21)25-16-7-3-1-5-13(16)9-10-18(23)22-15-11-12-24-17-8-4-2-6-14(15)17/h1-10,15,19H,11-12H2,(H,22,23)/b10-9+. The van der Waals surface area contributed by atoms with Crippen LogP contribution >= 0.6 is 0 Å². The van der Waals surface area contributed by atoms with E-state index in [1.807, 2.05) is 24.3 Å². The van der Waals surface area contributed by atoms with Crippen LogP contribution in [-0.2, 0) is 4.79 Å². The first-order chi connectivity index (χ1) is 12.1. The van der Waals surface area contributed by atoms with Gasteiger partial charge in [0.05, 0.1) is 12.6 Å². The first kappa shape index (κ1) is 17.0. The highest BCUT2D eigenvalue weighted by Crippen LogP contribution is 2.31. The van der Waals surface area contributed by atoms with E-state index in [-0.39, 0.29) is 17.7 Å². The number of para-hydroxylation sites is 2. The smallest absolute Gasteiger partial charge is 0.387 e. The average Bonchev–Trinajstić information content (AvgIpc) is 2.61. The quantitative estimate of drug-likeness (QED) is 0.835. The molecule has 0 saturated heterocycles. The van der Waals surface area contributed by atoms with Gasteiger partial charge < -0.3 is 14.8 Å². The number of benzene rings is 2. The Hall–Kier alpha value is -2.89. The zero-order valence-electron chi connectivity index (χ0n) is 13.3. The zero-order valence-corrected chi connectivity index (χ0v) is 13.3. The number of ether oxygens (including phenoxy) is 2. The summed E-state index contributed by atoms with van der Waals surface area (Å²) in [5.74, 6) is 0.477. The molecule has 130 valence electrons. The first-order valence-electron chi connectivity index (χ1n) is 7.87. The molecule has 0 aliphatic carbocycles. The first-order valence-corrected chi connectivity index (χ1v) is 7.87. The van der Waals surface area contributed by atoms with Crippen molar-refractivity contribution in [1.82, 2.24) is 5.32 Å². The lowest BCUT2D eigenvalue weighted by Crippen LogP contribution is -2.30. The Bertz CT molecular complexity index is 777. The number of carbonyl (C=O) groups excluding carboxylic acids is 1. The maximum absolute atomic E-state index is 12.4. The Morgan fingerprint density at radius 1 is 1.20 bits per heavy atom. The normalized spacial score (nSPS) is 16.4. The molecule has 0 fully saturated rings. The number of carbonyl (C=O) groups is 1. The number of alkyl halides is 2. The van der Waals surface area contributed by atoms with Gasteiger partial charge in [-0.2, -0.15) is 8.78 Å². The van der Waals surface area contributed by atoms with E-state index in [4.69, 9.17) is 4.74 Å². The van der Waals surface area contributed by atoms with Crippen molar-refractivity contribution < 1.29 is 23.0 Å². The second-order valence-electron chi connectivity index (χ2n) is 5.49. The van der Waals surface area contributed by atoms with Crippen LogP contribution in [0, 0.1) is 0 Å². The van der Waals surface area contributed by atoms with Crippen LogP contribution in [0.3, 0.4) is 0 Å². The minimum absolute atomic E-state index is 0.0259. The largest absolute Gasteiger partial charge is 0.493 e. The van der Waals surface area contributed by atoms with Crippen molar-refractivity contribution in [3.8, 4) is 11.5 Å². The van der Waals surface area contributed by atoms with Crippen molar-refractivity contribution in [2.45, 2.75) is 19.1 Å². The van der Waals surface area contributed by atoms with Crippen LogP contribution < -0.4 is 14.8 Å². The highest BCUT2D eigenvalue weighted by molar-refractivity contribution is 5.92. The minimum Gasteiger partial charge on any atom is -0.493 e.